The van der Waals surface area contributed by atoms with Crippen LogP contribution in [-0.2, 0) is 10.0 Å². The summed E-state index contributed by atoms with van der Waals surface area (Å²) < 4.78 is 32.8. The minimum Gasteiger partial charge on any atom is -0.470 e. The summed E-state index contributed by atoms with van der Waals surface area (Å²) in [6.07, 6.45) is 2.90. The highest BCUT2D eigenvalue weighted by molar-refractivity contribution is 7.89. The third-order valence-corrected chi connectivity index (χ3v) is 6.18. The van der Waals surface area contributed by atoms with Crippen LogP contribution in [0.25, 0.3) is 10.9 Å². The van der Waals surface area contributed by atoms with Gasteiger partial charge in [0, 0.05) is 17.8 Å². The molecule has 0 bridgehead atoms. The molecule has 1 aromatic carbocycles. The molecule has 0 atom stereocenters. The van der Waals surface area contributed by atoms with Crippen LogP contribution in [0.1, 0.15) is 0 Å². The van der Waals surface area contributed by atoms with E-state index in [1.54, 1.807) is 42.7 Å². The summed E-state index contributed by atoms with van der Waals surface area (Å²) in [7, 11) is -3.63. The Kier molecular flexibility index (Phi) is 4.07. The Morgan fingerprint density at radius 3 is 2.56 bits per heavy atom. The molecule has 2 aromatic heterocycles. The van der Waals surface area contributed by atoms with E-state index in [0.717, 1.165) is 5.39 Å². The fraction of sp³-hybridized carbons (Fsp3) is 0.176. The highest BCUT2D eigenvalue weighted by Crippen LogP contribution is 2.29. The normalized spacial score (nSPS) is 15.9. The highest BCUT2D eigenvalue weighted by Gasteiger charge is 2.39. The molecule has 1 fully saturated rings. The molecule has 1 aliphatic rings. The summed E-state index contributed by atoms with van der Waals surface area (Å²) in [5.41, 5.74) is 0.474. The number of hydrogen-bond donors (Lipinski definition) is 0. The molecule has 6 nitrogen and oxygen atoms in total. The molecule has 1 saturated heterocycles. The minimum absolute atomic E-state index is 0.208. The molecular formula is C17H14ClN3O3S. The number of pyridine rings is 2. The number of halogens is 1. The van der Waals surface area contributed by atoms with Crippen LogP contribution in [0, 0.1) is 0 Å². The van der Waals surface area contributed by atoms with E-state index in [-0.39, 0.29) is 24.1 Å². The van der Waals surface area contributed by atoms with Crippen molar-refractivity contribution in [1.29, 1.82) is 0 Å². The molecule has 0 spiro atoms. The first-order valence-corrected chi connectivity index (χ1v) is 9.48. The second kappa shape index (κ2) is 6.25. The maximum Gasteiger partial charge on any atom is 0.245 e. The predicted molar refractivity (Wildman–Crippen MR) is 94.2 cm³/mol. The van der Waals surface area contributed by atoms with E-state index in [9.17, 15) is 8.42 Å². The van der Waals surface area contributed by atoms with E-state index in [4.69, 9.17) is 16.3 Å². The van der Waals surface area contributed by atoms with Gasteiger partial charge in [-0.05, 0) is 24.3 Å². The average molecular weight is 376 g/mol. The van der Waals surface area contributed by atoms with Crippen molar-refractivity contribution in [3.05, 3.63) is 59.9 Å². The van der Waals surface area contributed by atoms with Gasteiger partial charge in [-0.1, -0.05) is 29.8 Å². The van der Waals surface area contributed by atoms with Crippen LogP contribution < -0.4 is 4.74 Å². The Labute approximate surface area is 150 Å². The van der Waals surface area contributed by atoms with Crippen LogP contribution in [0.15, 0.2) is 59.8 Å². The lowest BCUT2D eigenvalue weighted by atomic mass is 10.2. The molecule has 0 unspecified atom stereocenters. The second-order valence-electron chi connectivity index (χ2n) is 5.68. The molecule has 25 heavy (non-hydrogen) atoms. The zero-order valence-corrected chi connectivity index (χ0v) is 14.6. The van der Waals surface area contributed by atoms with Crippen LogP contribution in [0.3, 0.4) is 0 Å². The van der Waals surface area contributed by atoms with Crippen molar-refractivity contribution in [3.8, 4) is 5.88 Å². The third kappa shape index (κ3) is 2.95. The largest absolute Gasteiger partial charge is 0.470 e. The minimum atomic E-state index is -3.63. The number of rotatable bonds is 4. The van der Waals surface area contributed by atoms with Crippen LogP contribution in [0.5, 0.6) is 5.88 Å². The standard InChI is InChI=1S/C17H14ClN3O3S/c18-14-6-3-9-20-17(14)24-13-10-21(11-13)25(22,23)15-7-1-4-12-5-2-8-19-16(12)15/h1-9,13H,10-11H2. The van der Waals surface area contributed by atoms with Crippen molar-refractivity contribution in [1.82, 2.24) is 14.3 Å². The second-order valence-corrected chi connectivity index (χ2v) is 8.00. The number of ether oxygens (including phenoxy) is 1. The van der Waals surface area contributed by atoms with Gasteiger partial charge in [0.1, 0.15) is 16.0 Å². The molecule has 0 N–H and O–H groups in total. The summed E-state index contributed by atoms with van der Waals surface area (Å²) in [6.45, 7) is 0.497. The van der Waals surface area contributed by atoms with Gasteiger partial charge in [0.15, 0.2) is 0 Å². The van der Waals surface area contributed by atoms with Gasteiger partial charge < -0.3 is 4.74 Å². The summed E-state index contributed by atoms with van der Waals surface area (Å²) >= 11 is 6.01. The van der Waals surface area contributed by atoms with Crippen LogP contribution in [0.4, 0.5) is 0 Å². The molecule has 0 radical (unpaired) electrons. The number of hydrogen-bond acceptors (Lipinski definition) is 5. The fourth-order valence-corrected chi connectivity index (χ4v) is 4.55. The molecule has 0 aliphatic carbocycles. The molecule has 8 heteroatoms. The van der Waals surface area contributed by atoms with Gasteiger partial charge in [0.2, 0.25) is 15.9 Å². The predicted octanol–water partition coefficient (Wildman–Crippen LogP) is 2.74. The van der Waals surface area contributed by atoms with E-state index in [1.165, 1.54) is 4.31 Å². The number of para-hydroxylation sites is 1. The number of nitrogens with zero attached hydrogens (tertiary/aromatic N) is 3. The van der Waals surface area contributed by atoms with E-state index >= 15 is 0 Å². The number of fused-ring (bicyclic) bond motifs is 1. The molecule has 3 aromatic rings. The van der Waals surface area contributed by atoms with Gasteiger partial charge in [0.05, 0.1) is 18.6 Å². The molecule has 0 saturated carbocycles. The number of sulfonamides is 1. The molecular weight excluding hydrogens is 362 g/mol. The summed E-state index contributed by atoms with van der Waals surface area (Å²) in [5.74, 6) is 0.318. The Bertz CT molecular complexity index is 1030. The van der Waals surface area contributed by atoms with Gasteiger partial charge in [-0.15, -0.1) is 0 Å². The summed E-state index contributed by atoms with van der Waals surface area (Å²) in [6, 6.07) is 12.1. The molecule has 128 valence electrons. The fourth-order valence-electron chi connectivity index (χ4n) is 2.71. The Hall–Kier alpha value is -2.22. The maximum atomic E-state index is 12.9. The Morgan fingerprint density at radius 2 is 1.76 bits per heavy atom. The van der Waals surface area contributed by atoms with Crippen molar-refractivity contribution in [2.75, 3.05) is 13.1 Å². The van der Waals surface area contributed by atoms with Crippen LogP contribution in [0.2, 0.25) is 5.02 Å². The topological polar surface area (TPSA) is 72.4 Å². The SMILES string of the molecule is O=S(=O)(c1cccc2cccnc12)N1CC(Oc2ncccc2Cl)C1. The average Bonchev–Trinajstić information content (AvgIpc) is 2.58. The molecule has 0 amide bonds. The van der Waals surface area contributed by atoms with Gasteiger partial charge in [-0.25, -0.2) is 13.4 Å². The maximum absolute atomic E-state index is 12.9. The van der Waals surface area contributed by atoms with Crippen molar-refractivity contribution in [2.45, 2.75) is 11.0 Å². The third-order valence-electron chi connectivity index (χ3n) is 4.03. The van der Waals surface area contributed by atoms with Crippen LogP contribution in [-0.4, -0.2) is 41.9 Å². The molecule has 4 rings (SSSR count). The van der Waals surface area contributed by atoms with Crippen molar-refractivity contribution < 1.29 is 13.2 Å². The first-order chi connectivity index (χ1) is 12.1. The molecule has 3 heterocycles. The van der Waals surface area contributed by atoms with Gasteiger partial charge in [-0.2, -0.15) is 4.31 Å². The monoisotopic (exact) mass is 375 g/mol. The van der Waals surface area contributed by atoms with Crippen molar-refractivity contribution in [3.63, 3.8) is 0 Å². The van der Waals surface area contributed by atoms with E-state index in [1.807, 2.05) is 12.1 Å². The quantitative estimate of drug-likeness (QED) is 0.701. The van der Waals surface area contributed by atoms with Crippen molar-refractivity contribution in [2.24, 2.45) is 0 Å². The number of benzene rings is 1. The summed E-state index contributed by atoms with van der Waals surface area (Å²) in [5, 5.41) is 1.19. The number of aromatic nitrogens is 2. The first-order valence-electron chi connectivity index (χ1n) is 7.67. The Balaban J connectivity index is 1.54. The van der Waals surface area contributed by atoms with Gasteiger partial charge in [-0.3, -0.25) is 4.98 Å². The zero-order chi connectivity index (χ0) is 17.4. The zero-order valence-electron chi connectivity index (χ0n) is 13.0. The van der Waals surface area contributed by atoms with E-state index in [2.05, 4.69) is 9.97 Å². The van der Waals surface area contributed by atoms with Gasteiger partial charge in [0.25, 0.3) is 0 Å². The van der Waals surface area contributed by atoms with E-state index < -0.39 is 10.0 Å². The first kappa shape index (κ1) is 16.3. The lowest BCUT2D eigenvalue weighted by molar-refractivity contribution is 0.0722. The summed E-state index contributed by atoms with van der Waals surface area (Å²) in [4.78, 5) is 8.48. The smallest absolute Gasteiger partial charge is 0.245 e. The lowest BCUT2D eigenvalue weighted by Crippen LogP contribution is -2.56. The highest BCUT2D eigenvalue weighted by atomic mass is 35.5. The Morgan fingerprint density at radius 1 is 1.04 bits per heavy atom. The lowest BCUT2D eigenvalue weighted by Gasteiger charge is -2.37. The van der Waals surface area contributed by atoms with Gasteiger partial charge >= 0.3 is 0 Å². The molecule has 1 aliphatic heterocycles. The van der Waals surface area contributed by atoms with Crippen LogP contribution >= 0.6 is 11.6 Å². The van der Waals surface area contributed by atoms with Crippen molar-refractivity contribution >= 4 is 32.5 Å². The van der Waals surface area contributed by atoms with E-state index in [0.29, 0.717) is 16.4 Å².